The fourth-order valence-electron chi connectivity index (χ4n) is 4.42. The molecule has 8 heteroatoms. The SMILES string of the molecule is CS(=O)(=O)c1ccc(CN2CCN(CCCOC(c3ccc(Cl)cc3)c3ccc(Cl)cc3)CC2)cc1. The summed E-state index contributed by atoms with van der Waals surface area (Å²) in [5, 5.41) is 1.41. The van der Waals surface area contributed by atoms with E-state index in [1.54, 1.807) is 12.1 Å². The van der Waals surface area contributed by atoms with Crippen LogP contribution in [-0.2, 0) is 21.1 Å². The van der Waals surface area contributed by atoms with Gasteiger partial charge in [0, 0.05) is 62.2 Å². The topological polar surface area (TPSA) is 49.9 Å². The minimum absolute atomic E-state index is 0.162. The summed E-state index contributed by atoms with van der Waals surface area (Å²) in [6.07, 6.45) is 2.03. The van der Waals surface area contributed by atoms with Crippen molar-refractivity contribution in [2.45, 2.75) is 24.0 Å². The number of hydrogen-bond acceptors (Lipinski definition) is 5. The number of hydrogen-bond donors (Lipinski definition) is 0. The first-order valence-electron chi connectivity index (χ1n) is 12.1. The quantitative estimate of drug-likeness (QED) is 0.305. The van der Waals surface area contributed by atoms with E-state index in [4.69, 9.17) is 27.9 Å². The van der Waals surface area contributed by atoms with Gasteiger partial charge in [-0.05, 0) is 59.5 Å². The monoisotopic (exact) mass is 546 g/mol. The van der Waals surface area contributed by atoms with E-state index in [0.717, 1.165) is 62.4 Å². The number of rotatable bonds is 10. The molecular formula is C28H32Cl2N2O3S. The zero-order valence-electron chi connectivity index (χ0n) is 20.4. The van der Waals surface area contributed by atoms with Gasteiger partial charge in [-0.25, -0.2) is 8.42 Å². The zero-order chi connectivity index (χ0) is 25.5. The maximum absolute atomic E-state index is 11.6. The summed E-state index contributed by atoms with van der Waals surface area (Å²) in [5.41, 5.74) is 3.28. The van der Waals surface area contributed by atoms with Gasteiger partial charge in [-0.2, -0.15) is 0 Å². The van der Waals surface area contributed by atoms with Gasteiger partial charge in [-0.15, -0.1) is 0 Å². The summed E-state index contributed by atoms with van der Waals surface area (Å²) >= 11 is 12.2. The van der Waals surface area contributed by atoms with Crippen molar-refractivity contribution in [3.8, 4) is 0 Å². The van der Waals surface area contributed by atoms with E-state index in [0.29, 0.717) is 21.5 Å². The van der Waals surface area contributed by atoms with Crippen LogP contribution in [0.5, 0.6) is 0 Å². The second kappa shape index (κ2) is 12.5. The molecule has 5 nitrogen and oxygen atoms in total. The predicted molar refractivity (Wildman–Crippen MR) is 147 cm³/mol. The Balaban J connectivity index is 1.23. The van der Waals surface area contributed by atoms with Crippen molar-refractivity contribution >= 4 is 33.0 Å². The van der Waals surface area contributed by atoms with Crippen LogP contribution >= 0.6 is 23.2 Å². The molecule has 1 aliphatic rings. The molecule has 3 aromatic rings. The summed E-state index contributed by atoms with van der Waals surface area (Å²) in [6.45, 7) is 6.50. The van der Waals surface area contributed by atoms with E-state index in [1.807, 2.05) is 60.7 Å². The molecule has 0 saturated carbocycles. The molecule has 0 unspecified atom stereocenters. The molecule has 0 bridgehead atoms. The van der Waals surface area contributed by atoms with Crippen molar-refractivity contribution in [3.05, 3.63) is 99.5 Å². The van der Waals surface area contributed by atoms with Crippen LogP contribution in [-0.4, -0.2) is 63.8 Å². The Bertz CT molecular complexity index is 1160. The maximum Gasteiger partial charge on any atom is 0.175 e. The largest absolute Gasteiger partial charge is 0.369 e. The summed E-state index contributed by atoms with van der Waals surface area (Å²) < 4.78 is 29.7. The van der Waals surface area contributed by atoms with Gasteiger partial charge in [0.05, 0.1) is 4.90 Å². The van der Waals surface area contributed by atoms with Crippen molar-refractivity contribution in [2.24, 2.45) is 0 Å². The molecule has 3 aromatic carbocycles. The van der Waals surface area contributed by atoms with Gasteiger partial charge in [-0.1, -0.05) is 59.6 Å². The molecule has 0 amide bonds. The fourth-order valence-corrected chi connectivity index (χ4v) is 5.30. The van der Waals surface area contributed by atoms with Crippen LogP contribution in [0.25, 0.3) is 0 Å². The van der Waals surface area contributed by atoms with Crippen molar-refractivity contribution in [1.29, 1.82) is 0 Å². The molecular weight excluding hydrogens is 515 g/mol. The number of benzene rings is 3. The Morgan fingerprint density at radius 3 is 1.78 bits per heavy atom. The number of nitrogens with zero attached hydrogens (tertiary/aromatic N) is 2. The Morgan fingerprint density at radius 1 is 0.778 bits per heavy atom. The third-order valence-corrected chi connectivity index (χ3v) is 8.10. The Hall–Kier alpha value is -1.93. The van der Waals surface area contributed by atoms with Crippen LogP contribution in [0, 0.1) is 0 Å². The van der Waals surface area contributed by atoms with Gasteiger partial charge in [0.15, 0.2) is 9.84 Å². The van der Waals surface area contributed by atoms with Gasteiger partial charge in [-0.3, -0.25) is 4.90 Å². The highest BCUT2D eigenvalue weighted by Crippen LogP contribution is 2.28. The first-order chi connectivity index (χ1) is 17.3. The first kappa shape index (κ1) is 27.1. The highest BCUT2D eigenvalue weighted by atomic mass is 35.5. The fraction of sp³-hybridized carbons (Fsp3) is 0.357. The molecule has 0 aromatic heterocycles. The smallest absolute Gasteiger partial charge is 0.175 e. The number of halogens is 2. The van der Waals surface area contributed by atoms with Gasteiger partial charge in [0.2, 0.25) is 0 Å². The van der Waals surface area contributed by atoms with Crippen molar-refractivity contribution in [2.75, 3.05) is 45.6 Å². The van der Waals surface area contributed by atoms with E-state index in [9.17, 15) is 8.42 Å². The molecule has 1 heterocycles. The molecule has 192 valence electrons. The van der Waals surface area contributed by atoms with Crippen molar-refractivity contribution in [3.63, 3.8) is 0 Å². The lowest BCUT2D eigenvalue weighted by atomic mass is 10.0. The van der Waals surface area contributed by atoms with Crippen LogP contribution in [0.1, 0.15) is 29.2 Å². The molecule has 0 N–H and O–H groups in total. The Kier molecular flexibility index (Phi) is 9.45. The van der Waals surface area contributed by atoms with Crippen LogP contribution in [0.4, 0.5) is 0 Å². The van der Waals surface area contributed by atoms with Gasteiger partial charge in [0.25, 0.3) is 0 Å². The standard InChI is InChI=1S/C28H32Cl2N2O3S/c1-36(33,34)27-13-3-22(4-14-27)21-32-18-16-31(17-19-32)15-2-20-35-28(23-5-9-25(29)10-6-23)24-7-11-26(30)12-8-24/h3-14,28H,2,15-21H2,1H3. The Labute approximate surface area is 224 Å². The number of sulfone groups is 1. The van der Waals surface area contributed by atoms with E-state index >= 15 is 0 Å². The first-order valence-corrected chi connectivity index (χ1v) is 14.8. The lowest BCUT2D eigenvalue weighted by molar-refractivity contribution is 0.0638. The predicted octanol–water partition coefficient (Wildman–Crippen LogP) is 5.71. The van der Waals surface area contributed by atoms with Gasteiger partial charge >= 0.3 is 0 Å². The van der Waals surface area contributed by atoms with Crippen LogP contribution in [0.2, 0.25) is 10.0 Å². The summed E-state index contributed by atoms with van der Waals surface area (Å²) in [5.74, 6) is 0. The van der Waals surface area contributed by atoms with Gasteiger partial charge in [0.1, 0.15) is 6.10 Å². The molecule has 1 aliphatic heterocycles. The van der Waals surface area contributed by atoms with Crippen LogP contribution in [0.15, 0.2) is 77.7 Å². The maximum atomic E-state index is 11.6. The highest BCUT2D eigenvalue weighted by Gasteiger charge is 2.18. The molecule has 0 aliphatic carbocycles. The highest BCUT2D eigenvalue weighted by molar-refractivity contribution is 7.90. The summed E-state index contributed by atoms with van der Waals surface area (Å²) in [7, 11) is -3.15. The molecule has 1 fully saturated rings. The van der Waals surface area contributed by atoms with E-state index in [1.165, 1.54) is 6.26 Å². The zero-order valence-corrected chi connectivity index (χ0v) is 22.8. The minimum Gasteiger partial charge on any atom is -0.369 e. The molecule has 4 rings (SSSR count). The third kappa shape index (κ3) is 7.78. The molecule has 36 heavy (non-hydrogen) atoms. The second-order valence-corrected chi connectivity index (χ2v) is 12.1. The Morgan fingerprint density at radius 2 is 1.28 bits per heavy atom. The van der Waals surface area contributed by atoms with Crippen LogP contribution in [0.3, 0.4) is 0 Å². The van der Waals surface area contributed by atoms with Gasteiger partial charge < -0.3 is 9.64 Å². The van der Waals surface area contributed by atoms with Crippen molar-refractivity contribution in [1.82, 2.24) is 9.80 Å². The minimum atomic E-state index is -3.15. The van der Waals surface area contributed by atoms with E-state index in [-0.39, 0.29) is 6.10 Å². The summed E-state index contributed by atoms with van der Waals surface area (Å²) in [4.78, 5) is 5.26. The molecule has 0 radical (unpaired) electrons. The number of ether oxygens (including phenoxy) is 1. The second-order valence-electron chi connectivity index (χ2n) is 9.24. The van der Waals surface area contributed by atoms with E-state index < -0.39 is 9.84 Å². The normalized spacial score (nSPS) is 15.4. The third-order valence-electron chi connectivity index (χ3n) is 6.47. The summed E-state index contributed by atoms with van der Waals surface area (Å²) in [6, 6.07) is 22.8. The molecule has 0 atom stereocenters. The molecule has 0 spiro atoms. The van der Waals surface area contributed by atoms with E-state index in [2.05, 4.69) is 9.80 Å². The number of piperazine rings is 1. The molecule has 1 saturated heterocycles. The van der Waals surface area contributed by atoms with Crippen molar-refractivity contribution < 1.29 is 13.2 Å². The average Bonchev–Trinajstić information content (AvgIpc) is 2.86. The lowest BCUT2D eigenvalue weighted by Gasteiger charge is -2.34. The average molecular weight is 548 g/mol. The van der Waals surface area contributed by atoms with Crippen LogP contribution < -0.4 is 0 Å². The lowest BCUT2D eigenvalue weighted by Crippen LogP contribution is -2.46.